The summed E-state index contributed by atoms with van der Waals surface area (Å²) in [5.74, 6) is -2.79. The van der Waals surface area contributed by atoms with Crippen molar-refractivity contribution < 1.29 is 13.6 Å². The van der Waals surface area contributed by atoms with E-state index in [0.29, 0.717) is 6.42 Å². The Morgan fingerprint density at radius 2 is 2.21 bits per heavy atom. The lowest BCUT2D eigenvalue weighted by Gasteiger charge is -2.07. The van der Waals surface area contributed by atoms with Gasteiger partial charge in [0, 0.05) is 18.3 Å². The molecule has 0 aliphatic rings. The normalized spacial score (nSPS) is 10.4. The summed E-state index contributed by atoms with van der Waals surface area (Å²) in [5, 5.41) is 4.28. The number of nitrogen functional groups attached to an aromatic ring is 1. The molecule has 2 rings (SSSR count). The van der Waals surface area contributed by atoms with E-state index in [-0.39, 0.29) is 12.2 Å². The molecule has 4 nitrogen and oxygen atoms in total. The zero-order valence-corrected chi connectivity index (χ0v) is 10.6. The minimum absolute atomic E-state index is 0.246. The maximum Gasteiger partial charge on any atom is 0.257 e. The highest BCUT2D eigenvalue weighted by Gasteiger charge is 2.19. The molecule has 0 fully saturated rings. The lowest BCUT2D eigenvalue weighted by Crippen LogP contribution is -2.28. The zero-order chi connectivity index (χ0) is 13.8. The van der Waals surface area contributed by atoms with E-state index in [2.05, 4.69) is 10.3 Å². The Labute approximate surface area is 112 Å². The second-order valence-corrected chi connectivity index (χ2v) is 4.53. The molecule has 0 aliphatic carbocycles. The molecule has 2 aromatic rings. The summed E-state index contributed by atoms with van der Waals surface area (Å²) >= 11 is 1.44. The number of nitrogens with zero attached hydrogens (tertiary/aromatic N) is 1. The van der Waals surface area contributed by atoms with Gasteiger partial charge in [-0.25, -0.2) is 13.8 Å². The van der Waals surface area contributed by atoms with Crippen LogP contribution in [-0.4, -0.2) is 17.4 Å². The molecule has 0 unspecified atom stereocenters. The van der Waals surface area contributed by atoms with E-state index in [1.807, 2.05) is 5.38 Å². The molecule has 0 saturated heterocycles. The van der Waals surface area contributed by atoms with Crippen molar-refractivity contribution in [3.8, 4) is 0 Å². The number of rotatable bonds is 4. The van der Waals surface area contributed by atoms with Gasteiger partial charge in [-0.05, 0) is 12.1 Å². The third-order valence-corrected chi connectivity index (χ3v) is 3.13. The van der Waals surface area contributed by atoms with Crippen LogP contribution in [-0.2, 0) is 6.42 Å². The smallest absolute Gasteiger partial charge is 0.257 e. The zero-order valence-electron chi connectivity index (χ0n) is 9.82. The quantitative estimate of drug-likeness (QED) is 0.843. The minimum atomic E-state index is -1.04. The number of aromatic nitrogens is 1. The number of hydrogen-bond donors (Lipinski definition) is 2. The van der Waals surface area contributed by atoms with Crippen molar-refractivity contribution >= 4 is 22.9 Å². The van der Waals surface area contributed by atoms with Crippen LogP contribution in [0.15, 0.2) is 23.0 Å². The third-order valence-electron chi connectivity index (χ3n) is 2.50. The molecule has 0 bridgehead atoms. The molecule has 1 aromatic carbocycles. The largest absolute Gasteiger partial charge is 0.396 e. The number of amides is 1. The van der Waals surface area contributed by atoms with E-state index in [9.17, 15) is 13.6 Å². The van der Waals surface area contributed by atoms with E-state index in [1.165, 1.54) is 11.3 Å². The second kappa shape index (κ2) is 5.75. The van der Waals surface area contributed by atoms with Gasteiger partial charge in [0.1, 0.15) is 11.4 Å². The fourth-order valence-electron chi connectivity index (χ4n) is 1.53. The highest BCUT2D eigenvalue weighted by molar-refractivity contribution is 7.07. The molecule has 1 heterocycles. The second-order valence-electron chi connectivity index (χ2n) is 3.81. The van der Waals surface area contributed by atoms with Crippen LogP contribution in [0.25, 0.3) is 0 Å². The van der Waals surface area contributed by atoms with Gasteiger partial charge in [0.05, 0.1) is 16.9 Å². The Kier molecular flexibility index (Phi) is 4.06. The van der Waals surface area contributed by atoms with Crippen LogP contribution in [0.3, 0.4) is 0 Å². The molecule has 19 heavy (non-hydrogen) atoms. The van der Waals surface area contributed by atoms with Crippen molar-refractivity contribution in [2.75, 3.05) is 12.3 Å². The van der Waals surface area contributed by atoms with Crippen LogP contribution in [0.4, 0.5) is 14.5 Å². The van der Waals surface area contributed by atoms with E-state index in [4.69, 9.17) is 5.73 Å². The monoisotopic (exact) mass is 283 g/mol. The topological polar surface area (TPSA) is 68.0 Å². The van der Waals surface area contributed by atoms with Gasteiger partial charge < -0.3 is 11.1 Å². The van der Waals surface area contributed by atoms with Crippen LogP contribution < -0.4 is 11.1 Å². The van der Waals surface area contributed by atoms with Crippen molar-refractivity contribution in [3.63, 3.8) is 0 Å². The van der Waals surface area contributed by atoms with E-state index >= 15 is 0 Å². The van der Waals surface area contributed by atoms with Crippen molar-refractivity contribution in [1.82, 2.24) is 10.3 Å². The number of nitrogens with two attached hydrogens (primary N) is 1. The predicted octanol–water partition coefficient (Wildman–Crippen LogP) is 1.98. The molecule has 0 spiro atoms. The molecule has 0 radical (unpaired) electrons. The maximum atomic E-state index is 13.6. The highest BCUT2D eigenvalue weighted by atomic mass is 32.1. The molecule has 0 atom stereocenters. The number of hydrogen-bond acceptors (Lipinski definition) is 4. The Hall–Kier alpha value is -2.02. The molecule has 7 heteroatoms. The van der Waals surface area contributed by atoms with Gasteiger partial charge in [-0.3, -0.25) is 4.79 Å². The Bertz CT molecular complexity index is 587. The summed E-state index contributed by atoms with van der Waals surface area (Å²) in [7, 11) is 0. The standard InChI is InChI=1S/C12H11F2N3OS/c13-8-1-2-9(15)11(14)10(8)12(18)16-4-3-7-5-19-6-17-7/h1-2,5-6H,3-4,15H2,(H,16,18). The van der Waals surface area contributed by atoms with Gasteiger partial charge in [0.2, 0.25) is 0 Å². The Morgan fingerprint density at radius 1 is 1.42 bits per heavy atom. The van der Waals surface area contributed by atoms with Gasteiger partial charge >= 0.3 is 0 Å². The number of halogens is 2. The van der Waals surface area contributed by atoms with E-state index in [0.717, 1.165) is 17.8 Å². The Morgan fingerprint density at radius 3 is 2.89 bits per heavy atom. The summed E-state index contributed by atoms with van der Waals surface area (Å²) in [6.45, 7) is 0.246. The lowest BCUT2D eigenvalue weighted by atomic mass is 10.1. The van der Waals surface area contributed by atoms with Gasteiger partial charge in [-0.2, -0.15) is 0 Å². The summed E-state index contributed by atoms with van der Waals surface area (Å²) in [5.41, 5.74) is 6.88. The van der Waals surface area contributed by atoms with E-state index < -0.39 is 23.1 Å². The first kappa shape index (κ1) is 13.4. The molecule has 0 saturated carbocycles. The van der Waals surface area contributed by atoms with Crippen molar-refractivity contribution in [2.24, 2.45) is 0 Å². The first-order valence-corrected chi connectivity index (χ1v) is 6.42. The lowest BCUT2D eigenvalue weighted by molar-refractivity contribution is 0.0946. The number of benzene rings is 1. The van der Waals surface area contributed by atoms with Crippen molar-refractivity contribution in [3.05, 3.63) is 45.9 Å². The summed E-state index contributed by atoms with van der Waals surface area (Å²) < 4.78 is 27.0. The number of carbonyl (C=O) groups is 1. The SMILES string of the molecule is Nc1ccc(F)c(C(=O)NCCc2cscn2)c1F. The van der Waals surface area contributed by atoms with Gasteiger partial charge in [0.15, 0.2) is 5.82 Å². The number of anilines is 1. The van der Waals surface area contributed by atoms with Crippen LogP contribution in [0, 0.1) is 11.6 Å². The Balaban J connectivity index is 2.02. The molecule has 0 aliphatic heterocycles. The number of carbonyl (C=O) groups excluding carboxylic acids is 1. The van der Waals surface area contributed by atoms with Gasteiger partial charge in [0.25, 0.3) is 5.91 Å². The first-order valence-electron chi connectivity index (χ1n) is 5.48. The first-order chi connectivity index (χ1) is 9.09. The fourth-order valence-corrected chi connectivity index (χ4v) is 2.12. The molecule has 1 amide bonds. The minimum Gasteiger partial charge on any atom is -0.396 e. The molecular weight excluding hydrogens is 272 g/mol. The summed E-state index contributed by atoms with van der Waals surface area (Å²) in [6.07, 6.45) is 0.501. The molecule has 100 valence electrons. The summed E-state index contributed by atoms with van der Waals surface area (Å²) in [4.78, 5) is 15.7. The average molecular weight is 283 g/mol. The van der Waals surface area contributed by atoms with Gasteiger partial charge in [-0.1, -0.05) is 0 Å². The molecular formula is C12H11F2N3OS. The number of thiazole rings is 1. The third kappa shape index (κ3) is 3.05. The van der Waals surface area contributed by atoms with Crippen molar-refractivity contribution in [2.45, 2.75) is 6.42 Å². The highest BCUT2D eigenvalue weighted by Crippen LogP contribution is 2.18. The summed E-state index contributed by atoms with van der Waals surface area (Å²) in [6, 6.07) is 2.05. The van der Waals surface area contributed by atoms with E-state index in [1.54, 1.807) is 5.51 Å². The van der Waals surface area contributed by atoms with Crippen LogP contribution in [0.5, 0.6) is 0 Å². The maximum absolute atomic E-state index is 13.6. The molecule has 3 N–H and O–H groups in total. The molecule has 1 aromatic heterocycles. The van der Waals surface area contributed by atoms with Crippen LogP contribution in [0.2, 0.25) is 0 Å². The van der Waals surface area contributed by atoms with Crippen LogP contribution in [0.1, 0.15) is 16.1 Å². The fraction of sp³-hybridized carbons (Fsp3) is 0.167. The predicted molar refractivity (Wildman–Crippen MR) is 68.9 cm³/mol. The number of nitrogens with one attached hydrogen (secondary N) is 1. The average Bonchev–Trinajstić information content (AvgIpc) is 2.87. The van der Waals surface area contributed by atoms with Gasteiger partial charge in [-0.15, -0.1) is 11.3 Å². The van der Waals surface area contributed by atoms with Crippen LogP contribution >= 0.6 is 11.3 Å². The van der Waals surface area contributed by atoms with Crippen molar-refractivity contribution in [1.29, 1.82) is 0 Å².